The first-order valence-electron chi connectivity index (χ1n) is 12.1. The number of pyridine rings is 1. The summed E-state index contributed by atoms with van der Waals surface area (Å²) in [6, 6.07) is 22.8. The summed E-state index contributed by atoms with van der Waals surface area (Å²) in [6.45, 7) is 1.71. The number of carbonyl (C=O) groups excluding carboxylic acids is 2. The highest BCUT2D eigenvalue weighted by atomic mass is 35.5. The molecule has 3 heterocycles. The number of aromatic nitrogens is 1. The standard InChI is InChI=1S/C28H29ClN4O2/c29-24-12-5-4-11-23(24)26(34)32-18-14-28(15-19-32)31-25(20-21-8-2-1-3-9-21)27(35)33(28)17-13-22-10-6-7-16-30-22/h1-12,16,25,31H,13-15,17-20H2/t25-/m1/s1. The summed E-state index contributed by atoms with van der Waals surface area (Å²) >= 11 is 6.28. The number of hydrogen-bond acceptors (Lipinski definition) is 4. The number of nitrogens with one attached hydrogen (secondary N) is 1. The van der Waals surface area contributed by atoms with Crippen molar-refractivity contribution in [2.75, 3.05) is 19.6 Å². The van der Waals surface area contributed by atoms with Gasteiger partial charge in [0, 0.05) is 50.8 Å². The monoisotopic (exact) mass is 488 g/mol. The molecule has 2 aliphatic heterocycles. The van der Waals surface area contributed by atoms with Crippen molar-refractivity contribution < 1.29 is 9.59 Å². The van der Waals surface area contributed by atoms with Gasteiger partial charge in [-0.3, -0.25) is 19.9 Å². The molecule has 180 valence electrons. The minimum absolute atomic E-state index is 0.0596. The molecule has 35 heavy (non-hydrogen) atoms. The zero-order valence-electron chi connectivity index (χ0n) is 19.6. The van der Waals surface area contributed by atoms with Crippen molar-refractivity contribution in [3.05, 3.63) is 101 Å². The Balaban J connectivity index is 1.34. The summed E-state index contributed by atoms with van der Waals surface area (Å²) < 4.78 is 0. The summed E-state index contributed by atoms with van der Waals surface area (Å²) in [6.07, 6.45) is 4.46. The van der Waals surface area contributed by atoms with Crippen LogP contribution in [0.4, 0.5) is 0 Å². The van der Waals surface area contributed by atoms with Gasteiger partial charge in [-0.05, 0) is 36.2 Å². The SMILES string of the molecule is O=C(c1ccccc1Cl)N1CCC2(CC1)N[C@H](Cc1ccccc1)C(=O)N2CCc1ccccn1. The van der Waals surface area contributed by atoms with Crippen LogP contribution in [0.5, 0.6) is 0 Å². The van der Waals surface area contributed by atoms with Gasteiger partial charge in [-0.1, -0.05) is 60.1 Å². The van der Waals surface area contributed by atoms with E-state index in [1.807, 2.05) is 58.3 Å². The second-order valence-electron chi connectivity index (χ2n) is 9.25. The molecule has 1 aromatic heterocycles. The zero-order valence-corrected chi connectivity index (χ0v) is 20.3. The van der Waals surface area contributed by atoms with E-state index >= 15 is 0 Å². The van der Waals surface area contributed by atoms with Gasteiger partial charge in [0.05, 0.1) is 22.3 Å². The minimum Gasteiger partial charge on any atom is -0.338 e. The summed E-state index contributed by atoms with van der Waals surface area (Å²) in [4.78, 5) is 35.0. The number of rotatable bonds is 6. The van der Waals surface area contributed by atoms with E-state index in [1.54, 1.807) is 18.3 Å². The molecule has 1 atom stereocenters. The predicted octanol–water partition coefficient (Wildman–Crippen LogP) is 3.95. The van der Waals surface area contributed by atoms with Crippen LogP contribution in [0.3, 0.4) is 0 Å². The maximum atomic E-state index is 13.6. The van der Waals surface area contributed by atoms with Crippen LogP contribution < -0.4 is 5.32 Å². The van der Waals surface area contributed by atoms with Gasteiger partial charge in [-0.25, -0.2) is 0 Å². The molecule has 0 radical (unpaired) electrons. The quantitative estimate of drug-likeness (QED) is 0.570. The zero-order chi connectivity index (χ0) is 24.3. The topological polar surface area (TPSA) is 65.5 Å². The summed E-state index contributed by atoms with van der Waals surface area (Å²) in [5.41, 5.74) is 2.15. The normalized spacial score (nSPS) is 19.3. The Labute approximate surface area is 210 Å². The number of halogens is 1. The highest BCUT2D eigenvalue weighted by Crippen LogP contribution is 2.34. The smallest absolute Gasteiger partial charge is 0.255 e. The molecule has 2 amide bonds. The third kappa shape index (κ3) is 4.95. The lowest BCUT2D eigenvalue weighted by Crippen LogP contribution is -2.60. The molecule has 2 fully saturated rings. The lowest BCUT2D eigenvalue weighted by atomic mass is 9.95. The van der Waals surface area contributed by atoms with Gasteiger partial charge in [0.15, 0.2) is 0 Å². The number of carbonyl (C=O) groups is 2. The van der Waals surface area contributed by atoms with Crippen molar-refractivity contribution in [1.82, 2.24) is 20.1 Å². The molecule has 0 bridgehead atoms. The summed E-state index contributed by atoms with van der Waals surface area (Å²) in [7, 11) is 0. The van der Waals surface area contributed by atoms with Gasteiger partial charge in [0.2, 0.25) is 5.91 Å². The van der Waals surface area contributed by atoms with Crippen LogP contribution in [0.1, 0.15) is 34.5 Å². The number of piperidine rings is 1. The van der Waals surface area contributed by atoms with E-state index < -0.39 is 5.66 Å². The molecule has 0 unspecified atom stereocenters. The lowest BCUT2D eigenvalue weighted by molar-refractivity contribution is -0.133. The van der Waals surface area contributed by atoms with Crippen molar-refractivity contribution in [1.29, 1.82) is 0 Å². The third-order valence-corrected chi connectivity index (χ3v) is 7.44. The molecule has 5 rings (SSSR count). The molecule has 6 nitrogen and oxygen atoms in total. The van der Waals surface area contributed by atoms with Crippen molar-refractivity contribution in [2.45, 2.75) is 37.4 Å². The lowest BCUT2D eigenvalue weighted by Gasteiger charge is -2.44. The molecule has 3 aromatic rings. The van der Waals surface area contributed by atoms with Crippen molar-refractivity contribution in [2.24, 2.45) is 0 Å². The third-order valence-electron chi connectivity index (χ3n) is 7.11. The van der Waals surface area contributed by atoms with E-state index in [1.165, 1.54) is 0 Å². The average molecular weight is 489 g/mol. The predicted molar refractivity (Wildman–Crippen MR) is 136 cm³/mol. The van der Waals surface area contributed by atoms with Crippen LogP contribution in [0.25, 0.3) is 0 Å². The molecular formula is C28H29ClN4O2. The second kappa shape index (κ2) is 10.2. The maximum absolute atomic E-state index is 13.6. The van der Waals surface area contributed by atoms with Gasteiger partial charge in [0.1, 0.15) is 0 Å². The molecule has 2 aromatic carbocycles. The molecule has 2 saturated heterocycles. The van der Waals surface area contributed by atoms with Gasteiger partial charge < -0.3 is 9.80 Å². The number of nitrogens with zero attached hydrogens (tertiary/aromatic N) is 3. The maximum Gasteiger partial charge on any atom is 0.255 e. The average Bonchev–Trinajstić information content (AvgIpc) is 3.14. The van der Waals surface area contributed by atoms with E-state index in [4.69, 9.17) is 11.6 Å². The summed E-state index contributed by atoms with van der Waals surface area (Å²) in [5.74, 6) is 0.0614. The van der Waals surface area contributed by atoms with Crippen LogP contribution in [0.2, 0.25) is 5.02 Å². The molecule has 0 saturated carbocycles. The molecule has 1 N–H and O–H groups in total. The van der Waals surface area contributed by atoms with Crippen LogP contribution in [0, 0.1) is 0 Å². The largest absolute Gasteiger partial charge is 0.338 e. The van der Waals surface area contributed by atoms with Crippen molar-refractivity contribution in [3.8, 4) is 0 Å². The van der Waals surface area contributed by atoms with Gasteiger partial charge in [-0.2, -0.15) is 0 Å². The Morgan fingerprint density at radius 1 is 1.00 bits per heavy atom. The molecule has 7 heteroatoms. The van der Waals surface area contributed by atoms with Crippen LogP contribution >= 0.6 is 11.6 Å². The number of benzene rings is 2. The summed E-state index contributed by atoms with van der Waals surface area (Å²) in [5, 5.41) is 4.16. The Kier molecular flexibility index (Phi) is 6.84. The van der Waals surface area contributed by atoms with E-state index in [9.17, 15) is 9.59 Å². The fourth-order valence-electron chi connectivity index (χ4n) is 5.25. The second-order valence-corrected chi connectivity index (χ2v) is 9.66. The molecular weight excluding hydrogens is 460 g/mol. The van der Waals surface area contributed by atoms with Crippen LogP contribution in [0.15, 0.2) is 79.0 Å². The van der Waals surface area contributed by atoms with E-state index in [2.05, 4.69) is 22.4 Å². The fourth-order valence-corrected chi connectivity index (χ4v) is 5.46. The van der Waals surface area contributed by atoms with Gasteiger partial charge in [-0.15, -0.1) is 0 Å². The van der Waals surface area contributed by atoms with E-state index in [0.717, 1.165) is 11.3 Å². The minimum atomic E-state index is -0.470. The molecule has 0 aliphatic carbocycles. The molecule has 2 aliphatic rings. The van der Waals surface area contributed by atoms with Crippen molar-refractivity contribution in [3.63, 3.8) is 0 Å². The van der Waals surface area contributed by atoms with Crippen LogP contribution in [-0.2, 0) is 17.6 Å². The van der Waals surface area contributed by atoms with Crippen LogP contribution in [-0.4, -0.2) is 57.9 Å². The van der Waals surface area contributed by atoms with Gasteiger partial charge in [0.25, 0.3) is 5.91 Å². The van der Waals surface area contributed by atoms with Crippen molar-refractivity contribution >= 4 is 23.4 Å². The number of hydrogen-bond donors (Lipinski definition) is 1. The number of likely N-dealkylation sites (tertiary alicyclic amines) is 1. The first-order chi connectivity index (χ1) is 17.1. The Morgan fingerprint density at radius 2 is 1.71 bits per heavy atom. The number of amides is 2. The first kappa shape index (κ1) is 23.5. The Morgan fingerprint density at radius 3 is 2.43 bits per heavy atom. The Hall–Kier alpha value is -3.22. The highest BCUT2D eigenvalue weighted by Gasteiger charge is 2.51. The molecule has 1 spiro atoms. The first-order valence-corrected chi connectivity index (χ1v) is 12.5. The fraction of sp³-hybridized carbons (Fsp3) is 0.321. The highest BCUT2D eigenvalue weighted by molar-refractivity contribution is 6.33. The Bertz CT molecular complexity index is 1180. The van der Waals surface area contributed by atoms with E-state index in [0.29, 0.717) is 55.9 Å². The van der Waals surface area contributed by atoms with E-state index in [-0.39, 0.29) is 17.9 Å². The van der Waals surface area contributed by atoms with Gasteiger partial charge >= 0.3 is 0 Å².